The van der Waals surface area contributed by atoms with Gasteiger partial charge in [-0.15, -0.1) is 11.3 Å². The van der Waals surface area contributed by atoms with Crippen LogP contribution in [0, 0.1) is 19.7 Å². The zero-order valence-electron chi connectivity index (χ0n) is 12.0. The van der Waals surface area contributed by atoms with Gasteiger partial charge in [-0.1, -0.05) is 6.07 Å². The number of anilines is 1. The molecule has 3 rings (SSSR count). The van der Waals surface area contributed by atoms with E-state index in [1.54, 1.807) is 6.07 Å². The number of carbonyl (C=O) groups is 1. The number of hydrogen-bond acceptors (Lipinski definition) is 3. The zero-order valence-corrected chi connectivity index (χ0v) is 12.9. The molecule has 0 saturated carbocycles. The van der Waals surface area contributed by atoms with Crippen LogP contribution in [0.1, 0.15) is 31.2 Å². The minimum atomic E-state index is -0.299. The Hall–Kier alpha value is -1.72. The smallest absolute Gasteiger partial charge is 0.265 e. The van der Waals surface area contributed by atoms with Gasteiger partial charge in [0.1, 0.15) is 5.82 Å². The SMILES string of the molecule is Cc1cc(C(=O)Nc2ccc3c(c2F)CCNC3)sc1C. The number of nitrogens with one attached hydrogen (secondary N) is 2. The molecule has 0 unspecified atom stereocenters. The lowest BCUT2D eigenvalue weighted by molar-refractivity contribution is 0.103. The first-order valence-electron chi connectivity index (χ1n) is 6.95. The zero-order chi connectivity index (χ0) is 15.0. The van der Waals surface area contributed by atoms with E-state index < -0.39 is 0 Å². The number of amides is 1. The Morgan fingerprint density at radius 2 is 2.19 bits per heavy atom. The number of benzene rings is 1. The van der Waals surface area contributed by atoms with E-state index in [-0.39, 0.29) is 17.4 Å². The molecule has 0 bridgehead atoms. The highest BCUT2D eigenvalue weighted by Gasteiger charge is 2.18. The van der Waals surface area contributed by atoms with Crippen LogP contribution in [0.5, 0.6) is 0 Å². The standard InChI is InChI=1S/C16H17FN2OS/c1-9-7-14(21-10(9)2)16(20)19-13-4-3-11-8-18-6-5-12(11)15(13)17/h3-4,7,18H,5-6,8H2,1-2H3,(H,19,20). The van der Waals surface area contributed by atoms with Crippen LogP contribution in [0.15, 0.2) is 18.2 Å². The summed E-state index contributed by atoms with van der Waals surface area (Å²) in [6, 6.07) is 5.37. The van der Waals surface area contributed by atoms with Gasteiger partial charge < -0.3 is 10.6 Å². The second-order valence-electron chi connectivity index (χ2n) is 5.30. The van der Waals surface area contributed by atoms with Gasteiger partial charge in [0.15, 0.2) is 0 Å². The van der Waals surface area contributed by atoms with Crippen LogP contribution in [0.3, 0.4) is 0 Å². The normalized spacial score (nSPS) is 13.9. The van der Waals surface area contributed by atoms with Crippen molar-refractivity contribution in [1.82, 2.24) is 5.32 Å². The highest BCUT2D eigenvalue weighted by atomic mass is 32.1. The van der Waals surface area contributed by atoms with Crippen LogP contribution in [0.2, 0.25) is 0 Å². The van der Waals surface area contributed by atoms with Crippen molar-refractivity contribution >= 4 is 22.9 Å². The molecule has 2 heterocycles. The molecule has 5 heteroatoms. The van der Waals surface area contributed by atoms with Crippen molar-refractivity contribution in [2.45, 2.75) is 26.8 Å². The lowest BCUT2D eigenvalue weighted by Crippen LogP contribution is -2.25. The average molecular weight is 304 g/mol. The second kappa shape index (κ2) is 5.58. The summed E-state index contributed by atoms with van der Waals surface area (Å²) >= 11 is 1.43. The van der Waals surface area contributed by atoms with Crippen molar-refractivity contribution in [2.24, 2.45) is 0 Å². The van der Waals surface area contributed by atoms with Crippen molar-refractivity contribution in [3.63, 3.8) is 0 Å². The highest BCUT2D eigenvalue weighted by molar-refractivity contribution is 7.14. The van der Waals surface area contributed by atoms with Gasteiger partial charge in [0.05, 0.1) is 10.6 Å². The molecule has 0 atom stereocenters. The van der Waals surface area contributed by atoms with E-state index in [0.29, 0.717) is 23.4 Å². The van der Waals surface area contributed by atoms with Crippen LogP contribution in [0.25, 0.3) is 0 Å². The molecule has 2 aromatic rings. The molecule has 0 aliphatic carbocycles. The fourth-order valence-electron chi connectivity index (χ4n) is 2.50. The largest absolute Gasteiger partial charge is 0.319 e. The Balaban J connectivity index is 1.86. The Morgan fingerprint density at radius 1 is 1.38 bits per heavy atom. The van der Waals surface area contributed by atoms with Gasteiger partial charge in [0.2, 0.25) is 0 Å². The second-order valence-corrected chi connectivity index (χ2v) is 6.55. The molecule has 0 fully saturated rings. The molecule has 2 N–H and O–H groups in total. The molecule has 1 aromatic heterocycles. The van der Waals surface area contributed by atoms with Gasteiger partial charge in [-0.2, -0.15) is 0 Å². The van der Waals surface area contributed by atoms with Crippen molar-refractivity contribution in [1.29, 1.82) is 0 Å². The van der Waals surface area contributed by atoms with Crippen LogP contribution >= 0.6 is 11.3 Å². The molecular formula is C16H17FN2OS. The van der Waals surface area contributed by atoms with Gasteiger partial charge in [-0.3, -0.25) is 4.79 Å². The number of thiophene rings is 1. The molecule has 1 amide bonds. The van der Waals surface area contributed by atoms with Gasteiger partial charge in [0, 0.05) is 11.4 Å². The molecule has 0 spiro atoms. The summed E-state index contributed by atoms with van der Waals surface area (Å²) in [6.45, 7) is 5.40. The molecule has 21 heavy (non-hydrogen) atoms. The van der Waals surface area contributed by atoms with Crippen LogP contribution in [-0.2, 0) is 13.0 Å². The third-order valence-corrected chi connectivity index (χ3v) is 5.00. The van der Waals surface area contributed by atoms with Crippen molar-refractivity contribution in [2.75, 3.05) is 11.9 Å². The molecule has 110 valence electrons. The minimum absolute atomic E-state index is 0.246. The Labute approximate surface area is 127 Å². The van der Waals surface area contributed by atoms with Crippen LogP contribution in [0.4, 0.5) is 10.1 Å². The van der Waals surface area contributed by atoms with Crippen LogP contribution < -0.4 is 10.6 Å². The maximum Gasteiger partial charge on any atom is 0.265 e. The third-order valence-electron chi connectivity index (χ3n) is 3.85. The van der Waals surface area contributed by atoms with E-state index in [4.69, 9.17) is 0 Å². The minimum Gasteiger partial charge on any atom is -0.319 e. The highest BCUT2D eigenvalue weighted by Crippen LogP contribution is 2.26. The van der Waals surface area contributed by atoms with Gasteiger partial charge in [0.25, 0.3) is 5.91 Å². The summed E-state index contributed by atoms with van der Waals surface area (Å²) in [6.07, 6.45) is 0.655. The monoisotopic (exact) mass is 304 g/mol. The predicted octanol–water partition coefficient (Wildman–Crippen LogP) is 3.40. The first-order chi connectivity index (χ1) is 10.1. The maximum atomic E-state index is 14.5. The average Bonchev–Trinajstić information content (AvgIpc) is 2.82. The summed E-state index contributed by atoms with van der Waals surface area (Å²) in [5.74, 6) is -0.545. The lowest BCUT2D eigenvalue weighted by Gasteiger charge is -2.19. The number of carbonyl (C=O) groups excluding carboxylic acids is 1. The quantitative estimate of drug-likeness (QED) is 0.893. The van der Waals surface area contributed by atoms with E-state index in [2.05, 4.69) is 10.6 Å². The number of fused-ring (bicyclic) bond motifs is 1. The molecular weight excluding hydrogens is 287 g/mol. The van der Waals surface area contributed by atoms with E-state index in [9.17, 15) is 9.18 Å². The molecule has 1 aromatic carbocycles. The summed E-state index contributed by atoms with van der Waals surface area (Å²) < 4.78 is 14.5. The lowest BCUT2D eigenvalue weighted by atomic mass is 9.99. The summed E-state index contributed by atoms with van der Waals surface area (Å²) in [7, 11) is 0. The topological polar surface area (TPSA) is 41.1 Å². The number of hydrogen-bond donors (Lipinski definition) is 2. The Morgan fingerprint density at radius 3 is 2.90 bits per heavy atom. The first kappa shape index (κ1) is 14.2. The molecule has 1 aliphatic heterocycles. The first-order valence-corrected chi connectivity index (χ1v) is 7.77. The molecule has 1 aliphatic rings. The maximum absolute atomic E-state index is 14.5. The number of rotatable bonds is 2. The fraction of sp³-hybridized carbons (Fsp3) is 0.312. The van der Waals surface area contributed by atoms with E-state index in [1.165, 1.54) is 11.3 Å². The van der Waals surface area contributed by atoms with Gasteiger partial charge in [-0.25, -0.2) is 4.39 Å². The summed E-state index contributed by atoms with van der Waals surface area (Å²) in [5.41, 5.74) is 3.04. The van der Waals surface area contributed by atoms with Gasteiger partial charge in [-0.05, 0) is 55.6 Å². The van der Waals surface area contributed by atoms with Crippen molar-refractivity contribution in [3.8, 4) is 0 Å². The molecule has 0 saturated heterocycles. The molecule has 0 radical (unpaired) electrons. The van der Waals surface area contributed by atoms with Crippen molar-refractivity contribution in [3.05, 3.63) is 50.5 Å². The van der Waals surface area contributed by atoms with Crippen LogP contribution in [-0.4, -0.2) is 12.5 Å². The van der Waals surface area contributed by atoms with E-state index in [1.807, 2.05) is 26.0 Å². The summed E-state index contributed by atoms with van der Waals surface area (Å²) in [5, 5.41) is 5.90. The molecule has 3 nitrogen and oxygen atoms in total. The Bertz CT molecular complexity index is 689. The van der Waals surface area contributed by atoms with E-state index in [0.717, 1.165) is 22.5 Å². The fourth-order valence-corrected chi connectivity index (χ4v) is 3.43. The van der Waals surface area contributed by atoms with Crippen molar-refractivity contribution < 1.29 is 9.18 Å². The number of aryl methyl sites for hydroxylation is 2. The van der Waals surface area contributed by atoms with Gasteiger partial charge >= 0.3 is 0 Å². The summed E-state index contributed by atoms with van der Waals surface area (Å²) in [4.78, 5) is 13.9. The predicted molar refractivity (Wildman–Crippen MR) is 83.6 cm³/mol. The number of halogens is 1. The third kappa shape index (κ3) is 2.71. The Kier molecular flexibility index (Phi) is 3.78. The van der Waals surface area contributed by atoms with E-state index >= 15 is 0 Å².